The summed E-state index contributed by atoms with van der Waals surface area (Å²) in [5.41, 5.74) is 0.478. The van der Waals surface area contributed by atoms with E-state index >= 15 is 0 Å². The molecule has 11 heteroatoms. The number of sulfonamides is 1. The molecule has 0 saturated carbocycles. The molecule has 2 aromatic rings. The Labute approximate surface area is 225 Å². The first-order valence-electron chi connectivity index (χ1n) is 12.2. The van der Waals surface area contributed by atoms with Gasteiger partial charge in [0.25, 0.3) is 0 Å². The van der Waals surface area contributed by atoms with Crippen molar-refractivity contribution in [2.75, 3.05) is 38.4 Å². The smallest absolute Gasteiger partial charge is 0.244 e. The molecule has 0 bridgehead atoms. The van der Waals surface area contributed by atoms with Crippen molar-refractivity contribution in [2.24, 2.45) is 0 Å². The van der Waals surface area contributed by atoms with Gasteiger partial charge in [-0.25, -0.2) is 8.42 Å². The third kappa shape index (κ3) is 8.27. The molecule has 38 heavy (non-hydrogen) atoms. The Balaban J connectivity index is 2.50. The molecule has 0 spiro atoms. The number of methoxy groups -OCH3 is 3. The van der Waals surface area contributed by atoms with Gasteiger partial charge in [0.2, 0.25) is 21.8 Å². The first-order valence-corrected chi connectivity index (χ1v) is 14.0. The number of carbonyl (C=O) groups is 2. The van der Waals surface area contributed by atoms with E-state index in [-0.39, 0.29) is 18.1 Å². The van der Waals surface area contributed by atoms with Crippen LogP contribution < -0.4 is 23.8 Å². The highest BCUT2D eigenvalue weighted by molar-refractivity contribution is 7.92. The molecule has 0 unspecified atom stereocenters. The Morgan fingerprint density at radius 3 is 2.03 bits per heavy atom. The molecular formula is C27H39N3O7S. The summed E-state index contributed by atoms with van der Waals surface area (Å²) in [7, 11) is 0.587. The predicted octanol–water partition coefficient (Wildman–Crippen LogP) is 3.20. The van der Waals surface area contributed by atoms with Gasteiger partial charge in [0.1, 0.15) is 18.3 Å². The lowest BCUT2D eigenvalue weighted by atomic mass is 10.1. The predicted molar refractivity (Wildman–Crippen MR) is 147 cm³/mol. The van der Waals surface area contributed by atoms with Gasteiger partial charge < -0.3 is 24.4 Å². The van der Waals surface area contributed by atoms with Gasteiger partial charge in [-0.15, -0.1) is 0 Å². The number of amides is 2. The summed E-state index contributed by atoms with van der Waals surface area (Å²) in [5.74, 6) is 0.538. The number of benzene rings is 2. The number of hydrogen-bond acceptors (Lipinski definition) is 7. The molecule has 0 aliphatic heterocycles. The molecule has 0 aliphatic carbocycles. The Kier molecular flexibility index (Phi) is 10.4. The molecule has 0 heterocycles. The fourth-order valence-corrected chi connectivity index (χ4v) is 4.74. The van der Waals surface area contributed by atoms with Crippen molar-refractivity contribution in [3.05, 3.63) is 48.0 Å². The zero-order valence-electron chi connectivity index (χ0n) is 23.4. The molecule has 0 aliphatic rings. The van der Waals surface area contributed by atoms with E-state index in [2.05, 4.69) is 5.32 Å². The van der Waals surface area contributed by atoms with Crippen LogP contribution in [0.3, 0.4) is 0 Å². The van der Waals surface area contributed by atoms with Gasteiger partial charge in [0, 0.05) is 18.2 Å². The second-order valence-electron chi connectivity index (χ2n) is 9.84. The highest BCUT2D eigenvalue weighted by Crippen LogP contribution is 2.32. The lowest BCUT2D eigenvalue weighted by Crippen LogP contribution is -2.55. The number of hydrogen-bond donors (Lipinski definition) is 1. The summed E-state index contributed by atoms with van der Waals surface area (Å²) < 4.78 is 42.4. The minimum Gasteiger partial charge on any atom is -0.497 e. The van der Waals surface area contributed by atoms with Crippen LogP contribution in [0.1, 0.15) is 39.7 Å². The highest BCUT2D eigenvalue weighted by atomic mass is 32.2. The van der Waals surface area contributed by atoms with E-state index in [0.717, 1.165) is 16.1 Å². The summed E-state index contributed by atoms with van der Waals surface area (Å²) in [6.07, 6.45) is 1.35. The van der Waals surface area contributed by atoms with E-state index < -0.39 is 34.1 Å². The van der Waals surface area contributed by atoms with Crippen molar-refractivity contribution in [1.82, 2.24) is 10.2 Å². The Bertz CT molecular complexity index is 1210. The lowest BCUT2D eigenvalue weighted by Gasteiger charge is -2.34. The standard InChI is InChI=1S/C27H39N3O7S/c1-9-22(26(32)28-27(2,3)4)29(17-19-10-13-21(35-5)14-11-19)25(31)18-30(38(8,33)34)20-12-15-23(36-6)24(16-20)37-7/h10-16,22H,9,17-18H2,1-8H3,(H,28,32)/t22-/m1/s1. The minimum atomic E-state index is -3.88. The van der Waals surface area contributed by atoms with Crippen LogP contribution in [0.2, 0.25) is 0 Å². The molecule has 2 aromatic carbocycles. The topological polar surface area (TPSA) is 114 Å². The molecule has 210 valence electrons. The molecule has 2 rings (SSSR count). The highest BCUT2D eigenvalue weighted by Gasteiger charge is 2.33. The number of rotatable bonds is 12. The maximum absolute atomic E-state index is 13.8. The quantitative estimate of drug-likeness (QED) is 0.432. The molecule has 2 amide bonds. The van der Waals surface area contributed by atoms with Gasteiger partial charge in [-0.1, -0.05) is 19.1 Å². The summed E-state index contributed by atoms with van der Waals surface area (Å²) in [5, 5.41) is 2.94. The second kappa shape index (κ2) is 12.9. The summed E-state index contributed by atoms with van der Waals surface area (Å²) in [4.78, 5) is 28.5. The second-order valence-corrected chi connectivity index (χ2v) is 11.7. The van der Waals surface area contributed by atoms with E-state index in [9.17, 15) is 18.0 Å². The van der Waals surface area contributed by atoms with Crippen LogP contribution in [0, 0.1) is 0 Å². The Morgan fingerprint density at radius 1 is 0.947 bits per heavy atom. The summed E-state index contributed by atoms with van der Waals surface area (Å²) in [6, 6.07) is 10.9. The third-order valence-electron chi connectivity index (χ3n) is 5.73. The van der Waals surface area contributed by atoms with Crippen molar-refractivity contribution in [1.29, 1.82) is 0 Å². The molecule has 1 N–H and O–H groups in total. The van der Waals surface area contributed by atoms with E-state index in [4.69, 9.17) is 14.2 Å². The fraction of sp³-hybridized carbons (Fsp3) is 0.481. The molecule has 1 atom stereocenters. The van der Waals surface area contributed by atoms with E-state index in [0.29, 0.717) is 23.7 Å². The maximum Gasteiger partial charge on any atom is 0.244 e. The molecule has 0 aromatic heterocycles. The van der Waals surface area contributed by atoms with Crippen molar-refractivity contribution in [3.63, 3.8) is 0 Å². The monoisotopic (exact) mass is 549 g/mol. The van der Waals surface area contributed by atoms with Crippen molar-refractivity contribution < 1.29 is 32.2 Å². The SMILES string of the molecule is CC[C@H](C(=O)NC(C)(C)C)N(Cc1ccc(OC)cc1)C(=O)CN(c1ccc(OC)c(OC)c1)S(C)(=O)=O. The Hall–Kier alpha value is -3.47. The van der Waals surface area contributed by atoms with Crippen LogP contribution in [0.15, 0.2) is 42.5 Å². The third-order valence-corrected chi connectivity index (χ3v) is 6.87. The van der Waals surface area contributed by atoms with Crippen molar-refractivity contribution in [3.8, 4) is 17.2 Å². The number of nitrogens with one attached hydrogen (secondary N) is 1. The normalized spacial score (nSPS) is 12.3. The maximum atomic E-state index is 13.8. The Morgan fingerprint density at radius 2 is 1.55 bits per heavy atom. The first kappa shape index (κ1) is 30.8. The average molecular weight is 550 g/mol. The minimum absolute atomic E-state index is 0.0996. The van der Waals surface area contributed by atoms with Crippen LogP contribution in [0.5, 0.6) is 17.2 Å². The van der Waals surface area contributed by atoms with Gasteiger partial charge in [-0.2, -0.15) is 0 Å². The van der Waals surface area contributed by atoms with Gasteiger partial charge in [-0.05, 0) is 57.0 Å². The van der Waals surface area contributed by atoms with Gasteiger partial charge in [0.15, 0.2) is 11.5 Å². The van der Waals surface area contributed by atoms with Crippen LogP contribution in [0.25, 0.3) is 0 Å². The van der Waals surface area contributed by atoms with E-state index in [1.807, 2.05) is 27.7 Å². The van der Waals surface area contributed by atoms with Gasteiger partial charge in [0.05, 0.1) is 33.3 Å². The lowest BCUT2D eigenvalue weighted by molar-refractivity contribution is -0.141. The molecule has 0 fully saturated rings. The number of nitrogens with zero attached hydrogens (tertiary/aromatic N) is 2. The first-order chi connectivity index (χ1) is 17.7. The van der Waals surface area contributed by atoms with E-state index in [1.165, 1.54) is 31.3 Å². The van der Waals surface area contributed by atoms with Crippen LogP contribution >= 0.6 is 0 Å². The summed E-state index contributed by atoms with van der Waals surface area (Å²) >= 11 is 0. The van der Waals surface area contributed by atoms with Gasteiger partial charge in [-0.3, -0.25) is 13.9 Å². The zero-order chi connectivity index (χ0) is 28.7. The largest absolute Gasteiger partial charge is 0.497 e. The molecular weight excluding hydrogens is 510 g/mol. The molecule has 10 nitrogen and oxygen atoms in total. The van der Waals surface area contributed by atoms with E-state index in [1.54, 1.807) is 37.4 Å². The van der Waals surface area contributed by atoms with Gasteiger partial charge >= 0.3 is 0 Å². The molecule has 0 saturated heterocycles. The average Bonchev–Trinajstić information content (AvgIpc) is 2.85. The van der Waals surface area contributed by atoms with Crippen molar-refractivity contribution in [2.45, 2.75) is 52.2 Å². The summed E-state index contributed by atoms with van der Waals surface area (Å²) in [6.45, 7) is 6.97. The van der Waals surface area contributed by atoms with Crippen LogP contribution in [-0.4, -0.2) is 70.8 Å². The number of ether oxygens (including phenoxy) is 3. The zero-order valence-corrected chi connectivity index (χ0v) is 24.2. The number of carbonyl (C=O) groups excluding carboxylic acids is 2. The molecule has 0 radical (unpaired) electrons. The van der Waals surface area contributed by atoms with Crippen molar-refractivity contribution >= 4 is 27.5 Å². The fourth-order valence-electron chi connectivity index (χ4n) is 3.89. The van der Waals surface area contributed by atoms with Crippen LogP contribution in [0.4, 0.5) is 5.69 Å². The van der Waals surface area contributed by atoms with Crippen LogP contribution in [-0.2, 0) is 26.2 Å². The number of anilines is 1.